The molecule has 4 heteroatoms. The van der Waals surface area contributed by atoms with Gasteiger partial charge >= 0.3 is 0 Å². The molecular weight excluding hydrogens is 138 g/mol. The second kappa shape index (κ2) is 4.64. The highest BCUT2D eigenvalue weighted by atomic mass is 32.1. The summed E-state index contributed by atoms with van der Waals surface area (Å²) in [6.07, 6.45) is -0.912. The van der Waals surface area contributed by atoms with Crippen molar-refractivity contribution in [1.29, 1.82) is 0 Å². The van der Waals surface area contributed by atoms with E-state index < -0.39 is 6.10 Å². The van der Waals surface area contributed by atoms with Crippen LogP contribution in [0, 0.1) is 0 Å². The maximum absolute atomic E-state index is 10.5. The van der Waals surface area contributed by atoms with Crippen molar-refractivity contribution in [3.63, 3.8) is 0 Å². The van der Waals surface area contributed by atoms with E-state index in [1.807, 2.05) is 0 Å². The first kappa shape index (κ1) is 8.78. The number of carbonyl (C=O) groups is 1. The van der Waals surface area contributed by atoms with Crippen LogP contribution in [0.2, 0.25) is 0 Å². The zero-order valence-corrected chi connectivity index (χ0v) is 6.19. The summed E-state index contributed by atoms with van der Waals surface area (Å²) >= 11 is 3.87. The maximum atomic E-state index is 10.5. The third-order valence-electron chi connectivity index (χ3n) is 0.790. The van der Waals surface area contributed by atoms with Crippen molar-refractivity contribution in [3.05, 3.63) is 0 Å². The van der Waals surface area contributed by atoms with Gasteiger partial charge in [0.05, 0.1) is 0 Å². The van der Waals surface area contributed by atoms with E-state index in [2.05, 4.69) is 17.9 Å². The highest BCUT2D eigenvalue weighted by Crippen LogP contribution is 1.78. The number of hydrogen-bond acceptors (Lipinski definition) is 3. The molecule has 54 valence electrons. The molecule has 2 N–H and O–H groups in total. The number of thiol groups is 1. The Balaban J connectivity index is 3.28. The molecule has 1 atom stereocenters. The van der Waals surface area contributed by atoms with E-state index in [0.717, 1.165) is 0 Å². The largest absolute Gasteiger partial charge is 0.384 e. The third kappa shape index (κ3) is 4.29. The molecular formula is C5H11NO2S. The molecule has 0 aliphatic heterocycles. The maximum Gasteiger partial charge on any atom is 0.248 e. The van der Waals surface area contributed by atoms with Gasteiger partial charge in [-0.1, -0.05) is 0 Å². The van der Waals surface area contributed by atoms with E-state index in [1.165, 1.54) is 6.92 Å². The number of hydrogen-bond donors (Lipinski definition) is 3. The molecule has 0 spiro atoms. The van der Waals surface area contributed by atoms with Crippen molar-refractivity contribution in [2.75, 3.05) is 12.3 Å². The molecule has 1 amide bonds. The Hall–Kier alpha value is -0.220. The molecule has 0 fully saturated rings. The number of amides is 1. The van der Waals surface area contributed by atoms with Crippen molar-refractivity contribution in [2.24, 2.45) is 0 Å². The molecule has 0 aliphatic carbocycles. The average molecular weight is 149 g/mol. The van der Waals surface area contributed by atoms with Gasteiger partial charge in [0.2, 0.25) is 5.91 Å². The summed E-state index contributed by atoms with van der Waals surface area (Å²) in [6, 6.07) is 0. The minimum absolute atomic E-state index is 0.343. The standard InChI is InChI=1S/C5H11NO2S/c1-4(7)5(8)6-2-3-9/h4,7,9H,2-3H2,1H3,(H,6,8). The fourth-order valence-corrected chi connectivity index (χ4v) is 0.439. The number of carbonyl (C=O) groups excluding carboxylic acids is 1. The van der Waals surface area contributed by atoms with Gasteiger partial charge in [-0.15, -0.1) is 0 Å². The molecule has 1 unspecified atom stereocenters. The van der Waals surface area contributed by atoms with Crippen molar-refractivity contribution in [3.8, 4) is 0 Å². The quantitative estimate of drug-likeness (QED) is 0.470. The summed E-state index contributed by atoms with van der Waals surface area (Å²) in [7, 11) is 0. The highest BCUT2D eigenvalue weighted by Gasteiger charge is 2.05. The van der Waals surface area contributed by atoms with Crippen LogP contribution in [0.25, 0.3) is 0 Å². The van der Waals surface area contributed by atoms with Crippen LogP contribution in [0.1, 0.15) is 6.92 Å². The fraction of sp³-hybridized carbons (Fsp3) is 0.800. The summed E-state index contributed by atoms with van der Waals surface area (Å²) in [5.74, 6) is 0.252. The third-order valence-corrected chi connectivity index (χ3v) is 1.01. The summed E-state index contributed by atoms with van der Waals surface area (Å²) in [4.78, 5) is 10.5. The molecule has 0 aromatic carbocycles. The second-order valence-electron chi connectivity index (χ2n) is 1.69. The van der Waals surface area contributed by atoms with Crippen molar-refractivity contribution in [1.82, 2.24) is 5.32 Å². The molecule has 0 saturated heterocycles. The molecule has 0 aromatic rings. The van der Waals surface area contributed by atoms with Crippen LogP contribution in [0.5, 0.6) is 0 Å². The lowest BCUT2D eigenvalue weighted by atomic mass is 10.4. The van der Waals surface area contributed by atoms with Gasteiger partial charge in [-0.25, -0.2) is 0 Å². The second-order valence-corrected chi connectivity index (χ2v) is 2.14. The summed E-state index contributed by atoms with van der Waals surface area (Å²) < 4.78 is 0. The zero-order chi connectivity index (χ0) is 7.28. The van der Waals surface area contributed by atoms with E-state index in [-0.39, 0.29) is 5.91 Å². The summed E-state index contributed by atoms with van der Waals surface area (Å²) in [5, 5.41) is 11.1. The van der Waals surface area contributed by atoms with E-state index in [9.17, 15) is 4.79 Å². The van der Waals surface area contributed by atoms with Crippen molar-refractivity contribution in [2.45, 2.75) is 13.0 Å². The lowest BCUT2D eigenvalue weighted by Crippen LogP contribution is -2.33. The average Bonchev–Trinajstić information content (AvgIpc) is 1.82. The number of aliphatic hydroxyl groups is 1. The number of aliphatic hydroxyl groups excluding tert-OH is 1. The molecule has 0 rings (SSSR count). The smallest absolute Gasteiger partial charge is 0.248 e. The van der Waals surface area contributed by atoms with Gasteiger partial charge < -0.3 is 10.4 Å². The summed E-state index contributed by atoms with van der Waals surface area (Å²) in [6.45, 7) is 1.93. The van der Waals surface area contributed by atoms with Crippen molar-refractivity contribution < 1.29 is 9.90 Å². The molecule has 0 saturated carbocycles. The predicted octanol–water partition coefficient (Wildman–Crippen LogP) is -0.587. The van der Waals surface area contributed by atoms with Gasteiger partial charge in [0, 0.05) is 12.3 Å². The highest BCUT2D eigenvalue weighted by molar-refractivity contribution is 7.80. The van der Waals surface area contributed by atoms with Gasteiger partial charge in [0.15, 0.2) is 0 Å². The van der Waals surface area contributed by atoms with Crippen LogP contribution in [0.3, 0.4) is 0 Å². The topological polar surface area (TPSA) is 49.3 Å². The Kier molecular flexibility index (Phi) is 4.53. The minimum atomic E-state index is -0.912. The fourth-order valence-electron chi connectivity index (χ4n) is 0.327. The molecule has 9 heavy (non-hydrogen) atoms. The van der Waals surface area contributed by atoms with Gasteiger partial charge in [0.25, 0.3) is 0 Å². The first-order valence-corrected chi connectivity index (χ1v) is 3.38. The monoisotopic (exact) mass is 149 g/mol. The Morgan fingerprint density at radius 3 is 2.78 bits per heavy atom. The van der Waals surface area contributed by atoms with E-state index in [0.29, 0.717) is 12.3 Å². The molecule has 0 aromatic heterocycles. The van der Waals surface area contributed by atoms with Crippen LogP contribution in [0.4, 0.5) is 0 Å². The van der Waals surface area contributed by atoms with Gasteiger partial charge in [-0.05, 0) is 6.92 Å². The predicted molar refractivity (Wildman–Crippen MR) is 38.5 cm³/mol. The van der Waals surface area contributed by atoms with Crippen LogP contribution >= 0.6 is 12.6 Å². The first-order chi connectivity index (χ1) is 4.18. The Bertz CT molecular complexity index is 95.0. The number of rotatable bonds is 3. The zero-order valence-electron chi connectivity index (χ0n) is 5.29. The van der Waals surface area contributed by atoms with Crippen LogP contribution in [-0.4, -0.2) is 29.4 Å². The van der Waals surface area contributed by atoms with Gasteiger partial charge in [-0.3, -0.25) is 4.79 Å². The molecule has 0 bridgehead atoms. The lowest BCUT2D eigenvalue weighted by molar-refractivity contribution is -0.128. The molecule has 0 heterocycles. The Morgan fingerprint density at radius 1 is 1.89 bits per heavy atom. The van der Waals surface area contributed by atoms with E-state index in [1.54, 1.807) is 0 Å². The van der Waals surface area contributed by atoms with Crippen LogP contribution < -0.4 is 5.32 Å². The first-order valence-electron chi connectivity index (χ1n) is 2.75. The van der Waals surface area contributed by atoms with Crippen LogP contribution in [-0.2, 0) is 4.79 Å². The SMILES string of the molecule is CC(O)C(=O)NCCS. The van der Waals surface area contributed by atoms with Gasteiger partial charge in [-0.2, -0.15) is 12.6 Å². The number of nitrogens with one attached hydrogen (secondary N) is 1. The molecule has 0 aliphatic rings. The minimum Gasteiger partial charge on any atom is -0.384 e. The van der Waals surface area contributed by atoms with Crippen LogP contribution in [0.15, 0.2) is 0 Å². The van der Waals surface area contributed by atoms with E-state index >= 15 is 0 Å². The lowest BCUT2D eigenvalue weighted by Gasteiger charge is -2.03. The summed E-state index contributed by atoms with van der Waals surface area (Å²) in [5.41, 5.74) is 0. The van der Waals surface area contributed by atoms with E-state index in [4.69, 9.17) is 5.11 Å². The van der Waals surface area contributed by atoms with Crippen molar-refractivity contribution >= 4 is 18.5 Å². The Morgan fingerprint density at radius 2 is 2.44 bits per heavy atom. The normalized spacial score (nSPS) is 12.8. The molecule has 3 nitrogen and oxygen atoms in total. The van der Waals surface area contributed by atoms with Gasteiger partial charge in [0.1, 0.15) is 6.10 Å². The molecule has 0 radical (unpaired) electrons. The Labute approximate surface area is 59.9 Å².